The summed E-state index contributed by atoms with van der Waals surface area (Å²) in [5, 5.41) is 8.28. The van der Waals surface area contributed by atoms with Crippen molar-refractivity contribution in [2.45, 2.75) is 157 Å². The standard InChI is InChI=1S/C36H54N4.Co/c1-9-21-22(10-2)30-18-32-25(13-5)26(14-6)34(39-32)20-36-28(16-8)27(15-7)35(40-36)19-33-24(12-4)23(11-3)31(38-33)17-29(21)37-30;/h29-30,35-37,40H,9-20H2,1-8H3;/q-2;+2. The predicted octanol–water partition coefficient (Wildman–Crippen LogP) is 6.65. The quantitative estimate of drug-likeness (QED) is 0.333. The normalized spacial score (nSPS) is 24.4. The summed E-state index contributed by atoms with van der Waals surface area (Å²) in [5.41, 5.74) is 18.0. The summed E-state index contributed by atoms with van der Waals surface area (Å²) in [7, 11) is 0. The zero-order valence-electron chi connectivity index (χ0n) is 27.0. The SMILES string of the molecule is CCC1=C(CC)C2Cc3[n-]c(c(CC)c3CC)CC3NC(Cc4[n-]c(c(CC)c4CC)CC1N2)C(CC)=C3CC.[Co+2]. The van der Waals surface area contributed by atoms with Crippen LogP contribution < -0.4 is 20.6 Å². The van der Waals surface area contributed by atoms with Crippen LogP contribution in [0.1, 0.15) is 126 Å². The van der Waals surface area contributed by atoms with Crippen molar-refractivity contribution in [2.75, 3.05) is 0 Å². The molecule has 0 fully saturated rings. The van der Waals surface area contributed by atoms with E-state index in [0.29, 0.717) is 24.2 Å². The molecule has 0 spiro atoms. The Hall–Kier alpha value is -1.53. The molecular formula is C36H54CoN4. The van der Waals surface area contributed by atoms with Crippen molar-refractivity contribution in [3.8, 4) is 0 Å². The first-order valence-electron chi connectivity index (χ1n) is 16.7. The van der Waals surface area contributed by atoms with E-state index in [-0.39, 0.29) is 16.8 Å². The average molecular weight is 602 g/mol. The number of aromatic nitrogens is 2. The van der Waals surface area contributed by atoms with Crippen molar-refractivity contribution in [3.63, 3.8) is 0 Å². The van der Waals surface area contributed by atoms with Gasteiger partial charge in [-0.1, -0.05) is 99.9 Å². The van der Waals surface area contributed by atoms with Crippen LogP contribution in [0.25, 0.3) is 0 Å². The van der Waals surface area contributed by atoms with E-state index in [1.807, 2.05) is 0 Å². The Kier molecular flexibility index (Phi) is 10.9. The molecule has 0 aliphatic carbocycles. The number of nitrogens with zero attached hydrogens (tertiary/aromatic N) is 2. The van der Waals surface area contributed by atoms with Gasteiger partial charge in [-0.15, -0.1) is 0 Å². The maximum atomic E-state index is 5.48. The van der Waals surface area contributed by atoms with Gasteiger partial charge in [0.2, 0.25) is 0 Å². The van der Waals surface area contributed by atoms with Gasteiger partial charge in [-0.25, -0.2) is 0 Å². The zero-order valence-corrected chi connectivity index (χ0v) is 28.1. The van der Waals surface area contributed by atoms with E-state index in [4.69, 9.17) is 9.97 Å². The van der Waals surface area contributed by atoms with E-state index in [1.165, 1.54) is 45.0 Å². The topological polar surface area (TPSA) is 52.3 Å². The first-order chi connectivity index (χ1) is 19.5. The van der Waals surface area contributed by atoms with Crippen molar-refractivity contribution < 1.29 is 16.8 Å². The van der Waals surface area contributed by atoms with E-state index in [1.54, 1.807) is 22.3 Å². The molecule has 41 heavy (non-hydrogen) atoms. The Labute approximate surface area is 260 Å². The first kappa shape index (κ1) is 32.4. The zero-order chi connectivity index (χ0) is 28.6. The van der Waals surface area contributed by atoms with E-state index in [2.05, 4.69) is 66.0 Å². The molecule has 2 N–H and O–H groups in total. The minimum atomic E-state index is 0. The van der Waals surface area contributed by atoms with Crippen LogP contribution in [0.3, 0.4) is 0 Å². The maximum absolute atomic E-state index is 5.48. The molecule has 0 saturated heterocycles. The van der Waals surface area contributed by atoms with Crippen molar-refractivity contribution in [3.05, 3.63) is 67.3 Å². The minimum Gasteiger partial charge on any atom is -0.664 e. The number of hydrogen-bond donors (Lipinski definition) is 2. The van der Waals surface area contributed by atoms with E-state index >= 15 is 0 Å². The molecule has 3 aliphatic rings. The van der Waals surface area contributed by atoms with E-state index in [0.717, 1.165) is 77.0 Å². The molecule has 2 aromatic rings. The summed E-state index contributed by atoms with van der Waals surface area (Å²) < 4.78 is 0. The molecule has 227 valence electrons. The number of hydrogen-bond acceptors (Lipinski definition) is 2. The molecule has 3 aliphatic heterocycles. The van der Waals surface area contributed by atoms with Gasteiger partial charge >= 0.3 is 16.8 Å². The van der Waals surface area contributed by atoms with Crippen molar-refractivity contribution in [1.29, 1.82) is 0 Å². The fourth-order valence-corrected chi connectivity index (χ4v) is 8.82. The fraction of sp³-hybridized carbons (Fsp3) is 0.667. The fourth-order valence-electron chi connectivity index (χ4n) is 8.82. The van der Waals surface area contributed by atoms with Gasteiger partial charge in [-0.3, -0.25) is 0 Å². The second kappa shape index (κ2) is 13.8. The predicted molar refractivity (Wildman–Crippen MR) is 168 cm³/mol. The van der Waals surface area contributed by atoms with Crippen LogP contribution in [-0.4, -0.2) is 24.2 Å². The largest absolute Gasteiger partial charge is 2.00 e. The molecule has 2 aromatic heterocycles. The van der Waals surface area contributed by atoms with Crippen LogP contribution in [0.2, 0.25) is 0 Å². The van der Waals surface area contributed by atoms with Crippen LogP contribution in [0.4, 0.5) is 0 Å². The van der Waals surface area contributed by atoms with Crippen LogP contribution >= 0.6 is 0 Å². The third-order valence-corrected chi connectivity index (χ3v) is 10.5. The monoisotopic (exact) mass is 601 g/mol. The van der Waals surface area contributed by atoms with Gasteiger partial charge in [0.15, 0.2) is 0 Å². The Morgan fingerprint density at radius 3 is 0.805 bits per heavy atom. The van der Waals surface area contributed by atoms with Crippen LogP contribution in [0.5, 0.6) is 0 Å². The Bertz CT molecular complexity index is 1090. The van der Waals surface area contributed by atoms with Gasteiger partial charge in [-0.05, 0) is 77.0 Å². The van der Waals surface area contributed by atoms with Crippen LogP contribution in [0, 0.1) is 0 Å². The Morgan fingerprint density at radius 1 is 0.415 bits per heavy atom. The summed E-state index contributed by atoms with van der Waals surface area (Å²) in [6.07, 6.45) is 12.8. The number of nitrogens with one attached hydrogen (secondary N) is 2. The van der Waals surface area contributed by atoms with E-state index in [9.17, 15) is 0 Å². The molecule has 8 bridgehead atoms. The summed E-state index contributed by atoms with van der Waals surface area (Å²) in [5.74, 6) is 0. The van der Waals surface area contributed by atoms with Gasteiger partial charge in [-0.2, -0.15) is 22.8 Å². The number of rotatable bonds is 8. The summed E-state index contributed by atoms with van der Waals surface area (Å²) in [6.45, 7) is 18.7. The van der Waals surface area contributed by atoms with Gasteiger partial charge < -0.3 is 20.6 Å². The molecule has 5 heterocycles. The molecule has 1 radical (unpaired) electrons. The van der Waals surface area contributed by atoms with Gasteiger partial charge in [0.1, 0.15) is 0 Å². The third-order valence-electron chi connectivity index (χ3n) is 10.5. The second-order valence-corrected chi connectivity index (χ2v) is 12.2. The molecule has 0 saturated carbocycles. The molecule has 4 atom stereocenters. The molecular weight excluding hydrogens is 547 g/mol. The molecule has 0 amide bonds. The smallest absolute Gasteiger partial charge is 0.664 e. The van der Waals surface area contributed by atoms with Gasteiger partial charge in [0.05, 0.1) is 0 Å². The molecule has 0 aromatic carbocycles. The van der Waals surface area contributed by atoms with Crippen LogP contribution in [-0.2, 0) is 68.1 Å². The first-order valence-corrected chi connectivity index (χ1v) is 16.7. The maximum Gasteiger partial charge on any atom is 2.00 e. The third kappa shape index (κ3) is 5.73. The van der Waals surface area contributed by atoms with Crippen molar-refractivity contribution in [1.82, 2.24) is 20.6 Å². The molecule has 5 rings (SSSR count). The molecule has 4 unspecified atom stereocenters. The summed E-state index contributed by atoms with van der Waals surface area (Å²) >= 11 is 0. The van der Waals surface area contributed by atoms with Crippen molar-refractivity contribution in [2.24, 2.45) is 0 Å². The van der Waals surface area contributed by atoms with Gasteiger partial charge in [0, 0.05) is 24.2 Å². The van der Waals surface area contributed by atoms with Crippen molar-refractivity contribution >= 4 is 0 Å². The second-order valence-electron chi connectivity index (χ2n) is 12.2. The van der Waals surface area contributed by atoms with E-state index < -0.39 is 0 Å². The molecule has 5 heteroatoms. The van der Waals surface area contributed by atoms with Crippen LogP contribution in [0.15, 0.2) is 22.3 Å². The average Bonchev–Trinajstić information content (AvgIpc) is 3.67. The van der Waals surface area contributed by atoms with Gasteiger partial charge in [0.25, 0.3) is 0 Å². The summed E-state index contributed by atoms with van der Waals surface area (Å²) in [4.78, 5) is 11.0. The minimum absolute atomic E-state index is 0. The molecule has 4 nitrogen and oxygen atoms in total. The number of fused-ring (bicyclic) bond motifs is 8. The Balaban J connectivity index is 0.00000387. The summed E-state index contributed by atoms with van der Waals surface area (Å²) in [6, 6.07) is 1.53. The Morgan fingerprint density at radius 2 is 0.634 bits per heavy atom.